The van der Waals surface area contributed by atoms with Crippen LogP contribution in [0.4, 0.5) is 0 Å². The third-order valence-corrected chi connectivity index (χ3v) is 3.92. The molecule has 2 fully saturated rings. The van der Waals surface area contributed by atoms with Crippen LogP contribution in [0.15, 0.2) is 18.5 Å². The molecule has 110 valence electrons. The fourth-order valence-corrected chi connectivity index (χ4v) is 2.94. The molecule has 2 aliphatic heterocycles. The average Bonchev–Trinajstić information content (AvgIpc) is 2.91. The van der Waals surface area contributed by atoms with Crippen LogP contribution in [0.2, 0.25) is 0 Å². The third kappa shape index (κ3) is 2.72. The molecule has 3 rings (SSSR count). The van der Waals surface area contributed by atoms with Crippen molar-refractivity contribution in [3.05, 3.63) is 24.0 Å². The highest BCUT2D eigenvalue weighted by Crippen LogP contribution is 2.23. The number of aromatic nitrogens is 1. The molecule has 1 amide bonds. The van der Waals surface area contributed by atoms with Crippen LogP contribution in [0.1, 0.15) is 10.4 Å². The molecule has 1 aromatic rings. The Morgan fingerprint density at radius 3 is 3.05 bits per heavy atom. The van der Waals surface area contributed by atoms with Gasteiger partial charge in [0.25, 0.3) is 5.91 Å². The van der Waals surface area contributed by atoms with E-state index in [9.17, 15) is 4.79 Å². The van der Waals surface area contributed by atoms with Gasteiger partial charge < -0.3 is 24.3 Å². The summed E-state index contributed by atoms with van der Waals surface area (Å²) in [5, 5.41) is 0. The Hall–Kier alpha value is -1.37. The first-order valence-electron chi connectivity index (χ1n) is 7.01. The number of amides is 1. The molecule has 1 spiro atoms. The number of hydrogen-bond donors (Lipinski definition) is 1. The molecule has 2 saturated heterocycles. The van der Waals surface area contributed by atoms with Gasteiger partial charge in [0.2, 0.25) is 0 Å². The van der Waals surface area contributed by atoms with Crippen LogP contribution in [-0.2, 0) is 9.47 Å². The number of nitrogens with one attached hydrogen (secondary N) is 1. The fourth-order valence-electron chi connectivity index (χ4n) is 2.94. The lowest BCUT2D eigenvalue weighted by Crippen LogP contribution is -2.59. The van der Waals surface area contributed by atoms with Crippen LogP contribution in [0.5, 0.6) is 0 Å². The van der Waals surface area contributed by atoms with Crippen LogP contribution < -0.4 is 0 Å². The maximum atomic E-state index is 12.5. The summed E-state index contributed by atoms with van der Waals surface area (Å²) in [5.74, 6) is 0.0563. The van der Waals surface area contributed by atoms with Crippen molar-refractivity contribution in [3.63, 3.8) is 0 Å². The number of morpholine rings is 1. The molecule has 3 heterocycles. The van der Waals surface area contributed by atoms with Gasteiger partial charge in [0.15, 0.2) is 0 Å². The van der Waals surface area contributed by atoms with E-state index >= 15 is 0 Å². The van der Waals surface area contributed by atoms with Crippen LogP contribution in [0.25, 0.3) is 0 Å². The highest BCUT2D eigenvalue weighted by Gasteiger charge is 2.41. The standard InChI is InChI=1S/C14H21N3O3/c1-16-4-6-19-11-14(9-16)10-17(5-7-20-14)13(18)12-2-3-15-8-12/h2-3,8,15H,4-7,9-11H2,1H3. The quantitative estimate of drug-likeness (QED) is 0.797. The smallest absolute Gasteiger partial charge is 0.255 e. The van der Waals surface area contributed by atoms with Crippen molar-refractivity contribution in [2.45, 2.75) is 5.60 Å². The van der Waals surface area contributed by atoms with E-state index in [-0.39, 0.29) is 5.91 Å². The van der Waals surface area contributed by atoms with E-state index in [1.165, 1.54) is 0 Å². The van der Waals surface area contributed by atoms with Crippen molar-refractivity contribution in [1.29, 1.82) is 0 Å². The van der Waals surface area contributed by atoms with Crippen molar-refractivity contribution >= 4 is 5.91 Å². The molecule has 1 atom stereocenters. The average molecular weight is 279 g/mol. The van der Waals surface area contributed by atoms with Crippen molar-refractivity contribution in [2.75, 3.05) is 53.0 Å². The molecule has 1 unspecified atom stereocenters. The van der Waals surface area contributed by atoms with Gasteiger partial charge in [0, 0.05) is 32.0 Å². The summed E-state index contributed by atoms with van der Waals surface area (Å²) < 4.78 is 11.7. The molecular formula is C14H21N3O3. The molecule has 0 aliphatic carbocycles. The maximum Gasteiger partial charge on any atom is 0.255 e. The largest absolute Gasteiger partial charge is 0.377 e. The topological polar surface area (TPSA) is 57.8 Å². The Bertz CT molecular complexity index is 462. The number of ether oxygens (including phenoxy) is 2. The summed E-state index contributed by atoms with van der Waals surface area (Å²) in [5.41, 5.74) is 0.306. The molecule has 20 heavy (non-hydrogen) atoms. The van der Waals surface area contributed by atoms with Crippen LogP contribution in [0.3, 0.4) is 0 Å². The van der Waals surface area contributed by atoms with Gasteiger partial charge in [-0.1, -0.05) is 0 Å². The number of hydrogen-bond acceptors (Lipinski definition) is 4. The Kier molecular flexibility index (Phi) is 3.78. The molecule has 6 heteroatoms. The van der Waals surface area contributed by atoms with Gasteiger partial charge in [-0.25, -0.2) is 0 Å². The van der Waals surface area contributed by atoms with E-state index < -0.39 is 5.60 Å². The second-order valence-corrected chi connectivity index (χ2v) is 5.65. The van der Waals surface area contributed by atoms with Gasteiger partial charge in [-0.3, -0.25) is 4.79 Å². The number of likely N-dealkylation sites (N-methyl/N-ethyl adjacent to an activating group) is 1. The summed E-state index contributed by atoms with van der Waals surface area (Å²) in [6.07, 6.45) is 3.51. The number of carbonyl (C=O) groups excluding carboxylic acids is 1. The maximum absolute atomic E-state index is 12.5. The predicted octanol–water partition coefficient (Wildman–Crippen LogP) is 0.188. The lowest BCUT2D eigenvalue weighted by Gasteiger charge is -2.42. The number of nitrogens with zero attached hydrogens (tertiary/aromatic N) is 2. The molecule has 2 aliphatic rings. The Balaban J connectivity index is 1.74. The lowest BCUT2D eigenvalue weighted by molar-refractivity contribution is -0.132. The summed E-state index contributed by atoms with van der Waals surface area (Å²) in [7, 11) is 2.06. The van der Waals surface area contributed by atoms with Crippen molar-refractivity contribution < 1.29 is 14.3 Å². The zero-order valence-electron chi connectivity index (χ0n) is 11.8. The Morgan fingerprint density at radius 1 is 1.35 bits per heavy atom. The fraction of sp³-hybridized carbons (Fsp3) is 0.643. The monoisotopic (exact) mass is 279 g/mol. The summed E-state index contributed by atoms with van der Waals surface area (Å²) in [6.45, 7) is 4.74. The van der Waals surface area contributed by atoms with Gasteiger partial charge in [0.1, 0.15) is 5.60 Å². The third-order valence-electron chi connectivity index (χ3n) is 3.92. The van der Waals surface area contributed by atoms with Crippen LogP contribution in [0, 0.1) is 0 Å². The number of rotatable bonds is 1. The van der Waals surface area contributed by atoms with E-state index in [0.29, 0.717) is 38.5 Å². The number of carbonyl (C=O) groups is 1. The number of H-pyrrole nitrogens is 1. The molecule has 1 N–H and O–H groups in total. The van der Waals surface area contributed by atoms with Gasteiger partial charge in [-0.15, -0.1) is 0 Å². The van der Waals surface area contributed by atoms with E-state index in [2.05, 4.69) is 16.9 Å². The Morgan fingerprint density at radius 2 is 2.25 bits per heavy atom. The highest BCUT2D eigenvalue weighted by molar-refractivity contribution is 5.94. The lowest BCUT2D eigenvalue weighted by atomic mass is 10.0. The van der Waals surface area contributed by atoms with E-state index in [1.807, 2.05) is 4.90 Å². The molecule has 0 radical (unpaired) electrons. The normalized spacial score (nSPS) is 28.6. The highest BCUT2D eigenvalue weighted by atomic mass is 16.5. The molecule has 0 aromatic carbocycles. The van der Waals surface area contributed by atoms with Gasteiger partial charge in [-0.05, 0) is 13.1 Å². The van der Waals surface area contributed by atoms with Crippen molar-refractivity contribution in [2.24, 2.45) is 0 Å². The molecule has 1 aromatic heterocycles. The molecular weight excluding hydrogens is 258 g/mol. The first-order chi connectivity index (χ1) is 9.69. The SMILES string of the molecule is CN1CCOCC2(C1)CN(C(=O)c1cc[nH]c1)CCO2. The Labute approximate surface area is 118 Å². The minimum absolute atomic E-state index is 0.0563. The van der Waals surface area contributed by atoms with Gasteiger partial charge >= 0.3 is 0 Å². The van der Waals surface area contributed by atoms with Gasteiger partial charge in [-0.2, -0.15) is 0 Å². The minimum Gasteiger partial charge on any atom is -0.377 e. The summed E-state index contributed by atoms with van der Waals surface area (Å²) in [4.78, 5) is 19.5. The summed E-state index contributed by atoms with van der Waals surface area (Å²) in [6, 6.07) is 1.81. The van der Waals surface area contributed by atoms with Crippen LogP contribution >= 0.6 is 0 Å². The molecule has 0 bridgehead atoms. The predicted molar refractivity (Wildman–Crippen MR) is 73.7 cm³/mol. The second-order valence-electron chi connectivity index (χ2n) is 5.65. The molecule has 0 saturated carbocycles. The first kappa shape index (κ1) is 13.6. The first-order valence-corrected chi connectivity index (χ1v) is 7.01. The van der Waals surface area contributed by atoms with Crippen molar-refractivity contribution in [1.82, 2.24) is 14.8 Å². The number of aromatic amines is 1. The summed E-state index contributed by atoms with van der Waals surface area (Å²) >= 11 is 0. The minimum atomic E-state index is -0.393. The van der Waals surface area contributed by atoms with Gasteiger partial charge in [0.05, 0.1) is 31.9 Å². The van der Waals surface area contributed by atoms with Crippen LogP contribution in [-0.4, -0.2) is 79.3 Å². The molecule has 6 nitrogen and oxygen atoms in total. The van der Waals surface area contributed by atoms with E-state index in [1.54, 1.807) is 18.5 Å². The second kappa shape index (κ2) is 5.55. The zero-order valence-corrected chi connectivity index (χ0v) is 11.8. The van der Waals surface area contributed by atoms with Crippen molar-refractivity contribution in [3.8, 4) is 0 Å². The van der Waals surface area contributed by atoms with E-state index in [0.717, 1.165) is 13.1 Å². The zero-order chi connectivity index (χ0) is 14.0. The van der Waals surface area contributed by atoms with E-state index in [4.69, 9.17) is 9.47 Å².